The minimum atomic E-state index is -1.61. The average Bonchev–Trinajstić information content (AvgIpc) is 2.27. The van der Waals surface area contributed by atoms with Crippen molar-refractivity contribution in [1.82, 2.24) is 0 Å². The van der Waals surface area contributed by atoms with E-state index in [-0.39, 0.29) is 11.3 Å². The van der Waals surface area contributed by atoms with Crippen LogP contribution in [0.1, 0.15) is 35.1 Å². The van der Waals surface area contributed by atoms with Gasteiger partial charge in [0.15, 0.2) is 11.9 Å². The van der Waals surface area contributed by atoms with E-state index in [4.69, 9.17) is 16.7 Å². The zero-order valence-corrected chi connectivity index (χ0v) is 10.2. The number of hydrogen-bond donors (Lipinski definition) is 2. The molecule has 0 amide bonds. The zero-order chi connectivity index (χ0) is 13.2. The number of carbonyl (C=O) groups is 2. The molecule has 0 aliphatic rings. The molecule has 0 radical (unpaired) electrons. The molecule has 0 saturated heterocycles. The number of aliphatic hydroxyl groups excluding tert-OH is 1. The van der Waals surface area contributed by atoms with Crippen molar-refractivity contribution in [3.8, 4) is 0 Å². The van der Waals surface area contributed by atoms with Crippen LogP contribution >= 0.6 is 11.6 Å². The number of halogens is 1. The second-order valence-electron chi connectivity index (χ2n) is 3.78. The number of carboxylic acid groups (broad SMARTS) is 1. The summed E-state index contributed by atoms with van der Waals surface area (Å²) in [6, 6.07) is 4.72. The van der Waals surface area contributed by atoms with Gasteiger partial charge in [0.25, 0.3) is 0 Å². The Bertz CT molecular complexity index is 418. The molecule has 0 fully saturated rings. The maximum atomic E-state index is 11.2. The number of carbonyl (C=O) groups excluding carboxylic acids is 1. The van der Waals surface area contributed by atoms with E-state index in [1.807, 2.05) is 0 Å². The molecular formula is C12H13ClO4. The zero-order valence-electron chi connectivity index (χ0n) is 9.48. The van der Waals surface area contributed by atoms with Gasteiger partial charge in [0.2, 0.25) is 0 Å². The summed E-state index contributed by atoms with van der Waals surface area (Å²) in [5, 5.41) is 17.4. The lowest BCUT2D eigenvalue weighted by Gasteiger charge is -2.15. The Morgan fingerprint density at radius 1 is 1.29 bits per heavy atom. The molecule has 1 aromatic rings. The van der Waals surface area contributed by atoms with E-state index in [1.165, 1.54) is 13.0 Å². The van der Waals surface area contributed by atoms with Gasteiger partial charge >= 0.3 is 5.97 Å². The van der Waals surface area contributed by atoms with Crippen molar-refractivity contribution in [3.63, 3.8) is 0 Å². The number of aliphatic hydroxyl groups is 1. The second-order valence-corrected chi connectivity index (χ2v) is 4.21. The van der Waals surface area contributed by atoms with Crippen molar-refractivity contribution < 1.29 is 19.8 Å². The lowest BCUT2D eigenvalue weighted by atomic mass is 9.95. The monoisotopic (exact) mass is 256 g/mol. The van der Waals surface area contributed by atoms with Crippen LogP contribution in [0.15, 0.2) is 18.2 Å². The Labute approximate surface area is 104 Å². The van der Waals surface area contributed by atoms with Crippen molar-refractivity contribution in [2.24, 2.45) is 0 Å². The van der Waals surface area contributed by atoms with Gasteiger partial charge in [0.1, 0.15) is 5.38 Å². The van der Waals surface area contributed by atoms with Crippen LogP contribution in [-0.4, -0.2) is 22.0 Å². The summed E-state index contributed by atoms with van der Waals surface area (Å²) >= 11 is 5.92. The lowest BCUT2D eigenvalue weighted by Crippen LogP contribution is -2.14. The van der Waals surface area contributed by atoms with E-state index in [0.29, 0.717) is 11.1 Å². The van der Waals surface area contributed by atoms with Crippen LogP contribution in [0.2, 0.25) is 0 Å². The average molecular weight is 257 g/mol. The van der Waals surface area contributed by atoms with Gasteiger partial charge in [-0.1, -0.05) is 18.2 Å². The first-order chi connectivity index (χ1) is 7.86. The van der Waals surface area contributed by atoms with Crippen LogP contribution in [0, 0.1) is 6.92 Å². The Morgan fingerprint density at radius 3 is 2.29 bits per heavy atom. The summed E-state index contributed by atoms with van der Waals surface area (Å²) in [5.74, 6) is -1.56. The van der Waals surface area contributed by atoms with E-state index in [0.717, 1.165) is 0 Å². The molecule has 2 atom stereocenters. The van der Waals surface area contributed by atoms with Crippen LogP contribution < -0.4 is 0 Å². The fourth-order valence-corrected chi connectivity index (χ4v) is 1.83. The molecule has 0 aliphatic heterocycles. The fraction of sp³-hybridized carbons (Fsp3) is 0.333. The van der Waals surface area contributed by atoms with Crippen LogP contribution in [-0.2, 0) is 9.59 Å². The highest BCUT2D eigenvalue weighted by Gasteiger charge is 2.22. The van der Waals surface area contributed by atoms with Gasteiger partial charge in [-0.15, -0.1) is 11.6 Å². The van der Waals surface area contributed by atoms with Crippen molar-refractivity contribution in [2.75, 3.05) is 0 Å². The highest BCUT2D eigenvalue weighted by molar-refractivity contribution is 6.30. The number of carboxylic acids is 1. The normalized spacial score (nSPS) is 14.1. The highest BCUT2D eigenvalue weighted by atomic mass is 35.5. The summed E-state index contributed by atoms with van der Waals surface area (Å²) in [7, 11) is 0. The minimum absolute atomic E-state index is 0.225. The van der Waals surface area contributed by atoms with Gasteiger partial charge in [-0.3, -0.25) is 4.79 Å². The molecule has 0 heterocycles. The molecule has 1 aromatic carbocycles. The summed E-state index contributed by atoms with van der Waals surface area (Å²) < 4.78 is 0. The number of hydrogen-bond acceptors (Lipinski definition) is 3. The molecule has 4 nitrogen and oxygen atoms in total. The summed E-state index contributed by atoms with van der Waals surface area (Å²) in [5.41, 5.74) is 1.30. The Morgan fingerprint density at radius 2 is 1.82 bits per heavy atom. The molecule has 5 heteroatoms. The van der Waals surface area contributed by atoms with E-state index in [9.17, 15) is 14.7 Å². The SMILES string of the molecule is CC(=O)C(Cl)c1cccc(C(O)C(=O)O)c1C. The standard InChI is InChI=1S/C12H13ClO4/c1-6-8(10(13)7(2)14)4-3-5-9(6)11(15)12(16)17/h3-5,10-11,15H,1-2H3,(H,16,17). The van der Waals surface area contributed by atoms with E-state index in [2.05, 4.69) is 0 Å². The van der Waals surface area contributed by atoms with Crippen LogP contribution in [0.3, 0.4) is 0 Å². The molecule has 0 aliphatic carbocycles. The first kappa shape index (κ1) is 13.7. The Hall–Kier alpha value is -1.39. The predicted molar refractivity (Wildman–Crippen MR) is 63.0 cm³/mol. The van der Waals surface area contributed by atoms with Gasteiger partial charge in [-0.2, -0.15) is 0 Å². The smallest absolute Gasteiger partial charge is 0.337 e. The summed E-state index contributed by atoms with van der Waals surface area (Å²) in [4.78, 5) is 21.9. The number of rotatable bonds is 4. The Kier molecular flexibility index (Phi) is 4.26. The third-order valence-electron chi connectivity index (χ3n) is 2.58. The van der Waals surface area contributed by atoms with Crippen molar-refractivity contribution in [3.05, 3.63) is 34.9 Å². The lowest BCUT2D eigenvalue weighted by molar-refractivity contribution is -0.147. The number of ketones is 1. The van der Waals surface area contributed by atoms with Gasteiger partial charge in [-0.25, -0.2) is 4.79 Å². The van der Waals surface area contributed by atoms with Gasteiger partial charge in [0, 0.05) is 0 Å². The van der Waals surface area contributed by atoms with E-state index >= 15 is 0 Å². The summed E-state index contributed by atoms with van der Waals surface area (Å²) in [6.07, 6.45) is -1.61. The molecule has 2 unspecified atom stereocenters. The molecule has 1 rings (SSSR count). The van der Waals surface area contributed by atoms with Crippen LogP contribution in [0.5, 0.6) is 0 Å². The maximum Gasteiger partial charge on any atom is 0.337 e. The van der Waals surface area contributed by atoms with Gasteiger partial charge in [-0.05, 0) is 30.5 Å². The highest BCUT2D eigenvalue weighted by Crippen LogP contribution is 2.29. The third kappa shape index (κ3) is 2.84. The second kappa shape index (κ2) is 5.29. The third-order valence-corrected chi connectivity index (χ3v) is 3.12. The van der Waals surface area contributed by atoms with Crippen LogP contribution in [0.25, 0.3) is 0 Å². The summed E-state index contributed by atoms with van der Waals surface area (Å²) in [6.45, 7) is 2.99. The number of Topliss-reactive ketones (excluding diaryl/α,β-unsaturated/α-hetero) is 1. The minimum Gasteiger partial charge on any atom is -0.479 e. The van der Waals surface area contributed by atoms with Crippen molar-refractivity contribution in [2.45, 2.75) is 25.3 Å². The van der Waals surface area contributed by atoms with Crippen molar-refractivity contribution >= 4 is 23.4 Å². The first-order valence-corrected chi connectivity index (χ1v) is 5.44. The van der Waals surface area contributed by atoms with E-state index < -0.39 is 17.5 Å². The molecule has 2 N–H and O–H groups in total. The van der Waals surface area contributed by atoms with Gasteiger partial charge in [0.05, 0.1) is 0 Å². The van der Waals surface area contributed by atoms with E-state index in [1.54, 1.807) is 19.1 Å². The molecule has 92 valence electrons. The molecule has 17 heavy (non-hydrogen) atoms. The van der Waals surface area contributed by atoms with Crippen molar-refractivity contribution in [1.29, 1.82) is 0 Å². The fourth-order valence-electron chi connectivity index (χ4n) is 1.59. The number of alkyl halides is 1. The molecule has 0 bridgehead atoms. The topological polar surface area (TPSA) is 74.6 Å². The molecule has 0 aromatic heterocycles. The predicted octanol–water partition coefficient (Wildman–Crippen LogP) is 1.98. The molecular weight excluding hydrogens is 244 g/mol. The quantitative estimate of drug-likeness (QED) is 0.808. The van der Waals surface area contributed by atoms with Gasteiger partial charge < -0.3 is 10.2 Å². The first-order valence-electron chi connectivity index (χ1n) is 5.01. The largest absolute Gasteiger partial charge is 0.479 e. The van der Waals surface area contributed by atoms with Crippen LogP contribution in [0.4, 0.5) is 0 Å². The number of aliphatic carboxylic acids is 1. The molecule has 0 saturated carbocycles. The Balaban J connectivity index is 3.25. The maximum absolute atomic E-state index is 11.2. The number of benzene rings is 1. The molecule has 0 spiro atoms.